The molecule has 0 unspecified atom stereocenters. The number of amides is 2. The Kier molecular flexibility index (Phi) is 3.85. The van der Waals surface area contributed by atoms with Crippen LogP contribution in [0.5, 0.6) is 0 Å². The Balaban J connectivity index is 2.03. The van der Waals surface area contributed by atoms with Crippen LogP contribution in [-0.2, 0) is 4.79 Å². The van der Waals surface area contributed by atoms with Crippen LogP contribution in [0, 0.1) is 19.7 Å². The molecule has 1 aromatic heterocycles. The summed E-state index contributed by atoms with van der Waals surface area (Å²) in [5.41, 5.74) is 3.61. The van der Waals surface area contributed by atoms with Crippen molar-refractivity contribution >= 4 is 29.0 Å². The number of rotatable bonds is 2. The molecule has 1 aliphatic heterocycles. The largest absolute Gasteiger partial charge is 0.318 e. The normalized spacial score (nSPS) is 16.7. The van der Waals surface area contributed by atoms with Gasteiger partial charge in [0.25, 0.3) is 11.1 Å². The van der Waals surface area contributed by atoms with Crippen molar-refractivity contribution < 1.29 is 14.0 Å². The third kappa shape index (κ3) is 2.70. The number of imide groups is 1. The van der Waals surface area contributed by atoms with E-state index in [4.69, 9.17) is 0 Å². The summed E-state index contributed by atoms with van der Waals surface area (Å²) in [5, 5.41) is -0.270. The average molecular weight is 330 g/mol. The van der Waals surface area contributed by atoms with Gasteiger partial charge in [0, 0.05) is 24.1 Å². The first kappa shape index (κ1) is 15.6. The maximum Gasteiger partial charge on any atom is 0.293 e. The Morgan fingerprint density at radius 1 is 1.13 bits per heavy atom. The molecule has 0 radical (unpaired) electrons. The number of hydrogen-bond donors (Lipinski definition) is 0. The van der Waals surface area contributed by atoms with Crippen LogP contribution in [-0.4, -0.2) is 27.7 Å². The molecule has 118 valence electrons. The molecule has 0 spiro atoms. The Morgan fingerprint density at radius 3 is 2.35 bits per heavy atom. The zero-order valence-electron chi connectivity index (χ0n) is 13.0. The van der Waals surface area contributed by atoms with E-state index in [1.165, 1.54) is 19.2 Å². The fourth-order valence-electron chi connectivity index (χ4n) is 2.61. The molecule has 0 bridgehead atoms. The van der Waals surface area contributed by atoms with Crippen molar-refractivity contribution in [2.24, 2.45) is 0 Å². The molecule has 0 saturated carbocycles. The monoisotopic (exact) mass is 330 g/mol. The van der Waals surface area contributed by atoms with Gasteiger partial charge in [-0.15, -0.1) is 0 Å². The lowest BCUT2D eigenvalue weighted by Gasteiger charge is -2.09. The first-order valence-corrected chi connectivity index (χ1v) is 7.86. The molecule has 1 aromatic carbocycles. The van der Waals surface area contributed by atoms with Crippen LogP contribution < -0.4 is 0 Å². The molecule has 0 atom stereocenters. The van der Waals surface area contributed by atoms with Crippen molar-refractivity contribution in [2.75, 3.05) is 7.05 Å². The van der Waals surface area contributed by atoms with E-state index in [2.05, 4.69) is 0 Å². The van der Waals surface area contributed by atoms with Crippen LogP contribution in [0.4, 0.5) is 9.18 Å². The number of likely N-dealkylation sites (N-methyl/N-ethyl adjacent to an activating group) is 1. The summed E-state index contributed by atoms with van der Waals surface area (Å²) >= 11 is 0.938. The van der Waals surface area contributed by atoms with Crippen LogP contribution in [0.2, 0.25) is 0 Å². The molecule has 23 heavy (non-hydrogen) atoms. The minimum absolute atomic E-state index is 0.270. The molecule has 0 N–H and O–H groups in total. The number of benzene rings is 1. The fourth-order valence-corrected chi connectivity index (χ4v) is 3.43. The highest BCUT2D eigenvalue weighted by atomic mass is 32.2. The Morgan fingerprint density at radius 2 is 1.78 bits per heavy atom. The number of carbonyl (C=O) groups excluding carboxylic acids is 2. The SMILES string of the molecule is Cc1cc(C=C2SC(=O)N(C)C2=O)c(C)n1-c1ccc(F)cc1. The van der Waals surface area contributed by atoms with Crippen molar-refractivity contribution in [3.05, 3.63) is 58.0 Å². The Hall–Kier alpha value is -2.34. The summed E-state index contributed by atoms with van der Waals surface area (Å²) < 4.78 is 15.1. The van der Waals surface area contributed by atoms with E-state index in [0.29, 0.717) is 4.91 Å². The molecule has 6 heteroatoms. The minimum atomic E-state index is -0.286. The van der Waals surface area contributed by atoms with E-state index in [9.17, 15) is 14.0 Å². The highest BCUT2D eigenvalue weighted by molar-refractivity contribution is 8.18. The molecule has 1 saturated heterocycles. The van der Waals surface area contributed by atoms with Crippen molar-refractivity contribution in [1.82, 2.24) is 9.47 Å². The van der Waals surface area contributed by atoms with Crippen molar-refractivity contribution in [2.45, 2.75) is 13.8 Å². The smallest absolute Gasteiger partial charge is 0.293 e. The van der Waals surface area contributed by atoms with Crippen LogP contribution in [0.3, 0.4) is 0 Å². The predicted octanol–water partition coefficient (Wildman–Crippen LogP) is 3.90. The molecule has 0 aliphatic carbocycles. The van der Waals surface area contributed by atoms with Crippen LogP contribution in [0.25, 0.3) is 11.8 Å². The summed E-state index contributed by atoms with van der Waals surface area (Å²) in [7, 11) is 1.47. The van der Waals surface area contributed by atoms with E-state index >= 15 is 0 Å². The van der Waals surface area contributed by atoms with Gasteiger partial charge in [0.05, 0.1) is 4.91 Å². The maximum absolute atomic E-state index is 13.1. The zero-order chi connectivity index (χ0) is 16.7. The number of thioether (sulfide) groups is 1. The van der Waals surface area contributed by atoms with Gasteiger partial charge in [0.2, 0.25) is 0 Å². The van der Waals surface area contributed by atoms with Gasteiger partial charge >= 0.3 is 0 Å². The first-order chi connectivity index (χ1) is 10.9. The lowest BCUT2D eigenvalue weighted by Crippen LogP contribution is -2.22. The summed E-state index contributed by atoms with van der Waals surface area (Å²) in [6, 6.07) is 8.19. The second-order valence-electron chi connectivity index (χ2n) is 5.38. The molecule has 3 rings (SSSR count). The molecule has 1 aliphatic rings. The van der Waals surface area contributed by atoms with Gasteiger partial charge < -0.3 is 4.57 Å². The highest BCUT2D eigenvalue weighted by Gasteiger charge is 2.32. The summed E-state index contributed by atoms with van der Waals surface area (Å²) in [6.45, 7) is 3.87. The fraction of sp³-hybridized carbons (Fsp3) is 0.176. The zero-order valence-corrected chi connectivity index (χ0v) is 13.8. The third-order valence-electron chi connectivity index (χ3n) is 3.83. The van der Waals surface area contributed by atoms with Crippen LogP contribution in [0.1, 0.15) is 17.0 Å². The second kappa shape index (κ2) is 5.70. The Bertz CT molecular complexity index is 837. The van der Waals surface area contributed by atoms with Crippen LogP contribution >= 0.6 is 11.8 Å². The quantitative estimate of drug-likeness (QED) is 0.784. The lowest BCUT2D eigenvalue weighted by molar-refractivity contribution is -0.121. The predicted molar refractivity (Wildman–Crippen MR) is 88.9 cm³/mol. The molecule has 2 amide bonds. The number of carbonyl (C=O) groups is 2. The van der Waals surface area contributed by atoms with Crippen molar-refractivity contribution in [3.8, 4) is 5.69 Å². The van der Waals surface area contributed by atoms with Crippen molar-refractivity contribution in [1.29, 1.82) is 0 Å². The molecule has 1 fully saturated rings. The van der Waals surface area contributed by atoms with Gasteiger partial charge in [-0.1, -0.05) is 0 Å². The standard InChI is InChI=1S/C17H15FN2O2S/c1-10-8-12(9-15-16(21)19(3)17(22)23-15)11(2)20(10)14-6-4-13(18)5-7-14/h4-9H,1-3H3. The molecule has 4 nitrogen and oxygen atoms in total. The summed E-state index contributed by atoms with van der Waals surface area (Å²) in [5.74, 6) is -0.570. The van der Waals surface area contributed by atoms with Crippen LogP contribution in [0.15, 0.2) is 35.2 Å². The number of nitrogens with zero attached hydrogens (tertiary/aromatic N) is 2. The number of aromatic nitrogens is 1. The molecular weight excluding hydrogens is 315 g/mol. The van der Waals surface area contributed by atoms with Gasteiger partial charge in [-0.05, 0) is 67.6 Å². The number of hydrogen-bond acceptors (Lipinski definition) is 3. The van der Waals surface area contributed by atoms with Gasteiger partial charge in [-0.2, -0.15) is 0 Å². The lowest BCUT2D eigenvalue weighted by atomic mass is 10.2. The first-order valence-electron chi connectivity index (χ1n) is 7.05. The highest BCUT2D eigenvalue weighted by Crippen LogP contribution is 2.32. The summed E-state index contributed by atoms with van der Waals surface area (Å²) in [4.78, 5) is 25.1. The van der Waals surface area contributed by atoms with Crippen molar-refractivity contribution in [3.63, 3.8) is 0 Å². The number of halogens is 1. The van der Waals surface area contributed by atoms with E-state index in [0.717, 1.165) is 39.3 Å². The second-order valence-corrected chi connectivity index (χ2v) is 6.37. The number of aryl methyl sites for hydroxylation is 1. The van der Waals surface area contributed by atoms with E-state index in [1.54, 1.807) is 18.2 Å². The average Bonchev–Trinajstić information content (AvgIpc) is 2.92. The summed E-state index contributed by atoms with van der Waals surface area (Å²) in [6.07, 6.45) is 1.73. The topological polar surface area (TPSA) is 42.3 Å². The molecule has 2 aromatic rings. The van der Waals surface area contributed by atoms with Gasteiger partial charge in [-0.3, -0.25) is 14.5 Å². The third-order valence-corrected chi connectivity index (χ3v) is 4.79. The van der Waals surface area contributed by atoms with Gasteiger partial charge in [0.1, 0.15) is 5.82 Å². The van der Waals surface area contributed by atoms with Gasteiger partial charge in [0.15, 0.2) is 0 Å². The van der Waals surface area contributed by atoms with Gasteiger partial charge in [-0.25, -0.2) is 4.39 Å². The molecular formula is C17H15FN2O2S. The van der Waals surface area contributed by atoms with E-state index in [-0.39, 0.29) is 17.0 Å². The van der Waals surface area contributed by atoms with E-state index < -0.39 is 0 Å². The molecule has 2 heterocycles. The minimum Gasteiger partial charge on any atom is -0.318 e. The van der Waals surface area contributed by atoms with E-state index in [1.807, 2.05) is 24.5 Å². The Labute approximate surface area is 137 Å². The maximum atomic E-state index is 13.1.